The van der Waals surface area contributed by atoms with Crippen LogP contribution in [0.15, 0.2) is 42.6 Å². The molecule has 1 atom stereocenters. The Morgan fingerprint density at radius 1 is 1.22 bits per heavy atom. The van der Waals surface area contributed by atoms with Gasteiger partial charge in [-0.25, -0.2) is 19.3 Å². The van der Waals surface area contributed by atoms with Gasteiger partial charge in [0.05, 0.1) is 35.8 Å². The number of hydrogen-bond donors (Lipinski definition) is 3. The Hall–Kier alpha value is -5.46. The number of carboxylic acid groups (broad SMARTS) is 1. The minimum absolute atomic E-state index is 0.0118. The lowest BCUT2D eigenvalue weighted by atomic mass is 10.1. The van der Waals surface area contributed by atoms with Crippen LogP contribution < -0.4 is 15.4 Å². The van der Waals surface area contributed by atoms with Crippen molar-refractivity contribution in [3.63, 3.8) is 0 Å². The molecule has 0 saturated heterocycles. The number of aryl methyl sites for hydroxylation is 2. The van der Waals surface area contributed by atoms with E-state index in [0.29, 0.717) is 5.82 Å². The number of nitro benzene ring substituents is 1. The molecule has 0 aliphatic heterocycles. The van der Waals surface area contributed by atoms with Crippen molar-refractivity contribution in [1.82, 2.24) is 30.5 Å². The van der Waals surface area contributed by atoms with Crippen LogP contribution in [0, 0.1) is 21.4 Å². The number of hydrogen-bond acceptors (Lipinski definition) is 11. The normalized spacial score (nSPS) is 11.1. The highest BCUT2D eigenvalue weighted by atomic mass is 16.6. The van der Waals surface area contributed by atoms with E-state index >= 15 is 0 Å². The number of aliphatic carboxylic acids is 1. The summed E-state index contributed by atoms with van der Waals surface area (Å²) in [5.74, 6) is -1.57. The van der Waals surface area contributed by atoms with Crippen LogP contribution in [0.5, 0.6) is 5.75 Å². The van der Waals surface area contributed by atoms with Crippen LogP contribution in [0.3, 0.4) is 0 Å². The number of carbonyl (C=O) groups excluding carboxylic acids is 2. The first kappa shape index (κ1) is 26.2. The second-order valence-corrected chi connectivity index (χ2v) is 7.33. The zero-order valence-corrected chi connectivity index (χ0v) is 19.0. The number of nitrogens with zero attached hydrogens (tertiary/aromatic N) is 7. The Morgan fingerprint density at radius 3 is 2.59 bits per heavy atom. The van der Waals surface area contributed by atoms with Crippen molar-refractivity contribution in [2.24, 2.45) is 0 Å². The molecule has 16 heteroatoms. The lowest BCUT2D eigenvalue weighted by Crippen LogP contribution is -2.41. The van der Waals surface area contributed by atoms with Crippen LogP contribution in [0.4, 0.5) is 16.2 Å². The van der Waals surface area contributed by atoms with Gasteiger partial charge in [-0.05, 0) is 41.1 Å². The van der Waals surface area contributed by atoms with Crippen molar-refractivity contribution >= 4 is 29.3 Å². The van der Waals surface area contributed by atoms with Crippen LogP contribution in [0.2, 0.25) is 0 Å². The van der Waals surface area contributed by atoms with E-state index < -0.39 is 28.9 Å². The zero-order valence-electron chi connectivity index (χ0n) is 19.0. The van der Waals surface area contributed by atoms with Gasteiger partial charge in [-0.1, -0.05) is 0 Å². The molecule has 0 spiro atoms. The van der Waals surface area contributed by atoms with E-state index in [0.717, 1.165) is 0 Å². The number of nitrogens with one attached hydrogen (secondary N) is 2. The highest BCUT2D eigenvalue weighted by Crippen LogP contribution is 2.18. The second kappa shape index (κ2) is 12.3. The van der Waals surface area contributed by atoms with Crippen LogP contribution in [-0.2, 0) is 17.8 Å². The van der Waals surface area contributed by atoms with E-state index in [1.165, 1.54) is 47.3 Å². The molecule has 2 aromatic heterocycles. The number of rotatable bonds is 11. The predicted molar refractivity (Wildman–Crippen MR) is 122 cm³/mol. The largest absolute Gasteiger partial charge is 0.480 e. The summed E-state index contributed by atoms with van der Waals surface area (Å²) in [6, 6.07) is 8.22. The summed E-state index contributed by atoms with van der Waals surface area (Å²) in [5, 5.41) is 44.7. The van der Waals surface area contributed by atoms with Gasteiger partial charge in [0.25, 0.3) is 11.6 Å². The molecule has 0 unspecified atom stereocenters. The van der Waals surface area contributed by atoms with E-state index in [4.69, 9.17) is 10.00 Å². The van der Waals surface area contributed by atoms with Crippen molar-refractivity contribution in [3.8, 4) is 11.8 Å². The summed E-state index contributed by atoms with van der Waals surface area (Å²) in [6.07, 6.45) is 0.592. The van der Waals surface area contributed by atoms with E-state index in [1.54, 1.807) is 0 Å². The Kier molecular flexibility index (Phi) is 8.70. The smallest absolute Gasteiger partial charge is 0.417 e. The van der Waals surface area contributed by atoms with Crippen molar-refractivity contribution in [1.29, 1.82) is 5.26 Å². The molecule has 0 aliphatic carbocycles. The number of carbonyl (C=O) groups is 3. The van der Waals surface area contributed by atoms with Crippen LogP contribution in [0.1, 0.15) is 29.2 Å². The lowest BCUT2D eigenvalue weighted by molar-refractivity contribution is -0.384. The highest BCUT2D eigenvalue weighted by Gasteiger charge is 2.22. The highest BCUT2D eigenvalue weighted by molar-refractivity contribution is 5.95. The van der Waals surface area contributed by atoms with Gasteiger partial charge < -0.3 is 15.2 Å². The van der Waals surface area contributed by atoms with Gasteiger partial charge in [0, 0.05) is 18.6 Å². The van der Waals surface area contributed by atoms with Crippen LogP contribution in [-0.4, -0.2) is 59.2 Å². The minimum Gasteiger partial charge on any atom is -0.480 e. The maximum absolute atomic E-state index is 12.5. The molecule has 0 aliphatic rings. The fourth-order valence-corrected chi connectivity index (χ4v) is 2.98. The lowest BCUT2D eigenvalue weighted by Gasteiger charge is -2.14. The average Bonchev–Trinajstić information content (AvgIpc) is 3.32. The molecule has 0 bridgehead atoms. The number of pyridine rings is 1. The Labute approximate surface area is 208 Å². The number of nitro groups is 1. The van der Waals surface area contributed by atoms with Gasteiger partial charge in [-0.15, -0.1) is 5.10 Å². The number of carboxylic acids is 1. The molecule has 0 fully saturated rings. The summed E-state index contributed by atoms with van der Waals surface area (Å²) in [7, 11) is 0. The summed E-state index contributed by atoms with van der Waals surface area (Å²) in [4.78, 5) is 50.2. The third kappa shape index (κ3) is 7.51. The molecule has 16 nitrogen and oxygen atoms in total. The van der Waals surface area contributed by atoms with Gasteiger partial charge in [0.15, 0.2) is 5.82 Å². The standard InChI is InChI=1S/C21H19N9O7/c22-10-1-11-29-18(26-27-28-29)9-8-17(20(32)33)25-19(31)16-7-2-13(12-23-16)24-21(34)37-15-5-3-14(4-6-15)30(35)36/h2-7,12,17H,1,8-9,11H2,(H,24,34)(H,25,31)(H,32,33)/t17-/m0/s1. The quantitative estimate of drug-likeness (QED) is 0.245. The Morgan fingerprint density at radius 2 is 1.97 bits per heavy atom. The Bertz CT molecular complexity index is 1320. The van der Waals surface area contributed by atoms with Crippen molar-refractivity contribution in [2.75, 3.05) is 5.32 Å². The molecule has 0 saturated carbocycles. The summed E-state index contributed by atoms with van der Waals surface area (Å²) >= 11 is 0. The van der Waals surface area contributed by atoms with Crippen molar-refractivity contribution < 1.29 is 29.2 Å². The predicted octanol–water partition coefficient (Wildman–Crippen LogP) is 1.32. The summed E-state index contributed by atoms with van der Waals surface area (Å²) in [6.45, 7) is 0.259. The molecule has 3 N–H and O–H groups in total. The monoisotopic (exact) mass is 509 g/mol. The molecule has 37 heavy (non-hydrogen) atoms. The first-order chi connectivity index (χ1) is 17.8. The van der Waals surface area contributed by atoms with E-state index in [-0.39, 0.29) is 48.6 Å². The van der Waals surface area contributed by atoms with Crippen LogP contribution >= 0.6 is 0 Å². The molecule has 1 aromatic carbocycles. The molecule has 2 amide bonds. The second-order valence-electron chi connectivity index (χ2n) is 7.33. The van der Waals surface area contributed by atoms with Gasteiger partial charge in [0.2, 0.25) is 0 Å². The average molecular weight is 509 g/mol. The number of anilines is 1. The van der Waals surface area contributed by atoms with Crippen LogP contribution in [0.25, 0.3) is 0 Å². The zero-order chi connectivity index (χ0) is 26.8. The third-order valence-corrected chi connectivity index (χ3v) is 4.80. The molecule has 3 aromatic rings. The number of ether oxygens (including phenoxy) is 1. The van der Waals surface area contributed by atoms with E-state index in [9.17, 15) is 29.6 Å². The van der Waals surface area contributed by atoms with Gasteiger partial charge in [-0.2, -0.15) is 5.26 Å². The van der Waals surface area contributed by atoms with E-state index in [2.05, 4.69) is 31.1 Å². The summed E-state index contributed by atoms with van der Waals surface area (Å²) in [5.41, 5.74) is -0.0753. The van der Waals surface area contributed by atoms with Gasteiger partial charge >= 0.3 is 12.1 Å². The van der Waals surface area contributed by atoms with Gasteiger partial charge in [0.1, 0.15) is 17.5 Å². The molecular formula is C21H19N9O7. The molecule has 3 rings (SSSR count). The molecule has 2 heterocycles. The van der Waals surface area contributed by atoms with Gasteiger partial charge in [-0.3, -0.25) is 20.2 Å². The maximum atomic E-state index is 12.5. The fourth-order valence-electron chi connectivity index (χ4n) is 2.98. The Balaban J connectivity index is 1.54. The number of tetrazole rings is 1. The maximum Gasteiger partial charge on any atom is 0.417 e. The first-order valence-electron chi connectivity index (χ1n) is 10.6. The third-order valence-electron chi connectivity index (χ3n) is 4.80. The number of amides is 2. The topological polar surface area (TPSA) is 228 Å². The first-order valence-corrected chi connectivity index (χ1v) is 10.6. The number of benzene rings is 1. The minimum atomic E-state index is -1.27. The summed E-state index contributed by atoms with van der Waals surface area (Å²) < 4.78 is 6.41. The van der Waals surface area contributed by atoms with Crippen molar-refractivity contribution in [3.05, 3.63) is 64.2 Å². The molecular weight excluding hydrogens is 490 g/mol. The van der Waals surface area contributed by atoms with E-state index in [1.807, 2.05) is 6.07 Å². The number of nitriles is 1. The number of non-ortho nitro benzene ring substituents is 1. The van der Waals surface area contributed by atoms with Crippen molar-refractivity contribution in [2.45, 2.75) is 31.8 Å². The molecule has 190 valence electrons. The fraction of sp³-hybridized carbons (Fsp3) is 0.238. The number of aromatic nitrogens is 5. The molecule has 0 radical (unpaired) electrons. The SMILES string of the molecule is N#CCCn1nnnc1CC[C@H](NC(=O)c1ccc(NC(=O)Oc2ccc([N+](=O)[O-])cc2)cn1)C(=O)O.